The minimum atomic E-state index is -0.557. The minimum Gasteiger partial charge on any atom is -0.481 e. The lowest BCUT2D eigenvalue weighted by molar-refractivity contribution is 0.305. The molecule has 5 heteroatoms. The molecule has 0 saturated carbocycles. The molecule has 1 fully saturated rings. The van der Waals surface area contributed by atoms with Crippen LogP contribution in [-0.2, 0) is 17.5 Å². The number of benzene rings is 1. The molecule has 4 rings (SSSR count). The maximum absolute atomic E-state index is 14.6. The van der Waals surface area contributed by atoms with Crippen LogP contribution in [0, 0.1) is 17.6 Å². The molecule has 2 aliphatic rings. The van der Waals surface area contributed by atoms with E-state index in [1.54, 1.807) is 19.4 Å². The van der Waals surface area contributed by atoms with Gasteiger partial charge in [-0.05, 0) is 37.0 Å². The lowest BCUT2D eigenvalue weighted by atomic mass is 9.66. The highest BCUT2D eigenvalue weighted by Crippen LogP contribution is 2.65. The van der Waals surface area contributed by atoms with Gasteiger partial charge in [-0.2, -0.15) is 0 Å². The van der Waals surface area contributed by atoms with Crippen molar-refractivity contribution in [3.63, 3.8) is 0 Å². The van der Waals surface area contributed by atoms with Gasteiger partial charge in [0.1, 0.15) is 11.6 Å². The van der Waals surface area contributed by atoms with Crippen molar-refractivity contribution >= 4 is 0 Å². The molecule has 0 unspecified atom stereocenters. The zero-order valence-corrected chi connectivity index (χ0v) is 14.0. The molecule has 1 aliphatic carbocycles. The molecule has 0 bridgehead atoms. The fourth-order valence-electron chi connectivity index (χ4n) is 4.71. The quantitative estimate of drug-likeness (QED) is 0.874. The molecule has 2 aromatic rings. The van der Waals surface area contributed by atoms with E-state index >= 15 is 0 Å². The van der Waals surface area contributed by atoms with Crippen molar-refractivity contribution in [3.8, 4) is 5.88 Å². The molecule has 3 atom stereocenters. The van der Waals surface area contributed by atoms with Crippen LogP contribution in [0.15, 0.2) is 30.5 Å². The molecule has 126 valence electrons. The van der Waals surface area contributed by atoms with Gasteiger partial charge in [0.25, 0.3) is 0 Å². The first-order valence-electron chi connectivity index (χ1n) is 8.25. The molecule has 2 heterocycles. The van der Waals surface area contributed by atoms with Gasteiger partial charge in [-0.3, -0.25) is 5.32 Å². The van der Waals surface area contributed by atoms with Gasteiger partial charge in [0.15, 0.2) is 0 Å². The van der Waals surface area contributed by atoms with Crippen molar-refractivity contribution < 1.29 is 13.5 Å². The van der Waals surface area contributed by atoms with Crippen LogP contribution in [0.3, 0.4) is 0 Å². The highest BCUT2D eigenvalue weighted by Gasteiger charge is 2.72. The molecule has 1 aliphatic heterocycles. The Bertz CT molecular complexity index is 825. The summed E-state index contributed by atoms with van der Waals surface area (Å²) in [6.07, 6.45) is 3.45. The number of ether oxygens (including phenoxy) is 1. The van der Waals surface area contributed by atoms with E-state index in [1.165, 1.54) is 11.6 Å². The van der Waals surface area contributed by atoms with E-state index in [9.17, 15) is 8.78 Å². The van der Waals surface area contributed by atoms with Gasteiger partial charge in [0.2, 0.25) is 5.88 Å². The number of aromatic nitrogens is 1. The fourth-order valence-corrected chi connectivity index (χ4v) is 4.71. The Labute approximate surface area is 140 Å². The molecule has 1 aromatic carbocycles. The second-order valence-electron chi connectivity index (χ2n) is 6.85. The number of rotatable bonds is 3. The smallest absolute Gasteiger partial charge is 0.218 e. The highest BCUT2D eigenvalue weighted by molar-refractivity contribution is 5.56. The van der Waals surface area contributed by atoms with Gasteiger partial charge in [0, 0.05) is 23.4 Å². The Morgan fingerprint density at radius 3 is 2.79 bits per heavy atom. The fraction of sp³-hybridized carbons (Fsp3) is 0.421. The predicted octanol–water partition coefficient (Wildman–Crippen LogP) is 3.66. The maximum atomic E-state index is 14.6. The van der Waals surface area contributed by atoms with E-state index in [2.05, 4.69) is 24.1 Å². The van der Waals surface area contributed by atoms with Crippen LogP contribution in [0.5, 0.6) is 5.88 Å². The Balaban J connectivity index is 1.94. The first-order valence-corrected chi connectivity index (χ1v) is 8.25. The Hall–Kier alpha value is -2.01. The zero-order chi connectivity index (χ0) is 17.1. The third-order valence-electron chi connectivity index (χ3n) is 5.80. The van der Waals surface area contributed by atoms with E-state index in [0.29, 0.717) is 11.4 Å². The lowest BCUT2D eigenvalue weighted by Crippen LogP contribution is -2.36. The van der Waals surface area contributed by atoms with Gasteiger partial charge in [-0.15, -0.1) is 0 Å². The summed E-state index contributed by atoms with van der Waals surface area (Å²) in [4.78, 5) is 4.33. The SMILES string of the molecule is CC[C@@H]1Cc2ccnc(OC)c2[C@]2(C)N[C@]12c1ccc(F)cc1F. The van der Waals surface area contributed by atoms with Gasteiger partial charge in [-0.25, -0.2) is 13.8 Å². The van der Waals surface area contributed by atoms with Crippen molar-refractivity contribution in [3.05, 3.63) is 58.8 Å². The number of pyridine rings is 1. The monoisotopic (exact) mass is 330 g/mol. The van der Waals surface area contributed by atoms with Crippen LogP contribution in [0.4, 0.5) is 8.78 Å². The largest absolute Gasteiger partial charge is 0.481 e. The summed E-state index contributed by atoms with van der Waals surface area (Å²) in [6, 6.07) is 5.87. The third-order valence-corrected chi connectivity index (χ3v) is 5.80. The van der Waals surface area contributed by atoms with E-state index in [4.69, 9.17) is 4.74 Å². The van der Waals surface area contributed by atoms with Crippen LogP contribution < -0.4 is 10.1 Å². The van der Waals surface area contributed by atoms with Gasteiger partial charge < -0.3 is 4.74 Å². The van der Waals surface area contributed by atoms with Gasteiger partial charge >= 0.3 is 0 Å². The molecule has 3 nitrogen and oxygen atoms in total. The summed E-state index contributed by atoms with van der Waals surface area (Å²) in [5, 5.41) is 3.55. The topological polar surface area (TPSA) is 44.1 Å². The highest BCUT2D eigenvalue weighted by atomic mass is 19.1. The van der Waals surface area contributed by atoms with Crippen LogP contribution in [-0.4, -0.2) is 12.1 Å². The Kier molecular flexibility index (Phi) is 3.23. The molecule has 1 aromatic heterocycles. The molecular formula is C19H20F2N2O. The number of nitrogens with zero attached hydrogens (tertiary/aromatic N) is 1. The predicted molar refractivity (Wildman–Crippen MR) is 86.8 cm³/mol. The zero-order valence-electron chi connectivity index (χ0n) is 14.0. The molecule has 0 amide bonds. The van der Waals surface area contributed by atoms with Gasteiger partial charge in [-0.1, -0.05) is 19.4 Å². The van der Waals surface area contributed by atoms with Crippen LogP contribution in [0.25, 0.3) is 0 Å². The molecular weight excluding hydrogens is 310 g/mol. The Morgan fingerprint density at radius 1 is 1.33 bits per heavy atom. The van der Waals surface area contributed by atoms with Crippen molar-refractivity contribution in [2.75, 3.05) is 7.11 Å². The number of hydrogen-bond acceptors (Lipinski definition) is 3. The van der Waals surface area contributed by atoms with Crippen molar-refractivity contribution in [2.24, 2.45) is 5.92 Å². The van der Waals surface area contributed by atoms with Crippen LogP contribution in [0.2, 0.25) is 0 Å². The number of nitrogens with one attached hydrogen (secondary N) is 1. The maximum Gasteiger partial charge on any atom is 0.218 e. The standard InChI is InChI=1S/C19H20F2N2O/c1-4-12-9-11-7-8-22-17(24-3)16(11)18(2)19(12,23-18)14-6-5-13(20)10-15(14)21/h5-8,10,12,23H,4,9H2,1-3H3/t12-,18+,19+/m1/s1. The number of fused-ring (bicyclic) bond motifs is 3. The summed E-state index contributed by atoms with van der Waals surface area (Å²) in [5.41, 5.74) is 1.66. The molecule has 0 radical (unpaired) electrons. The van der Waals surface area contributed by atoms with Gasteiger partial charge in [0.05, 0.1) is 18.2 Å². The molecule has 24 heavy (non-hydrogen) atoms. The van der Waals surface area contributed by atoms with Crippen molar-refractivity contribution in [1.82, 2.24) is 10.3 Å². The second kappa shape index (κ2) is 4.99. The first kappa shape index (κ1) is 15.5. The van der Waals surface area contributed by atoms with Crippen LogP contribution in [0.1, 0.15) is 37.0 Å². The van der Waals surface area contributed by atoms with E-state index in [1.807, 2.05) is 6.07 Å². The first-order chi connectivity index (χ1) is 11.5. The molecule has 0 spiro atoms. The number of methoxy groups -OCH3 is 1. The number of hydrogen-bond donors (Lipinski definition) is 1. The normalized spacial score (nSPS) is 30.5. The van der Waals surface area contributed by atoms with Crippen molar-refractivity contribution in [2.45, 2.75) is 37.8 Å². The summed E-state index contributed by atoms with van der Waals surface area (Å²) >= 11 is 0. The summed E-state index contributed by atoms with van der Waals surface area (Å²) in [6.45, 7) is 4.17. The van der Waals surface area contributed by atoms with E-state index < -0.39 is 22.7 Å². The average molecular weight is 330 g/mol. The third kappa shape index (κ3) is 1.76. The average Bonchev–Trinajstić information content (AvgIpc) is 3.21. The summed E-state index contributed by atoms with van der Waals surface area (Å²) in [5.74, 6) is -0.280. The minimum absolute atomic E-state index is 0.210. The van der Waals surface area contributed by atoms with E-state index in [-0.39, 0.29) is 5.92 Å². The van der Waals surface area contributed by atoms with Crippen LogP contribution >= 0.6 is 0 Å². The molecule has 1 N–H and O–H groups in total. The summed E-state index contributed by atoms with van der Waals surface area (Å²) in [7, 11) is 1.60. The second-order valence-corrected chi connectivity index (χ2v) is 6.85. The number of halogens is 2. The Morgan fingerprint density at radius 2 is 2.12 bits per heavy atom. The lowest BCUT2D eigenvalue weighted by Gasteiger charge is -2.35. The van der Waals surface area contributed by atoms with E-state index in [0.717, 1.165) is 24.5 Å². The summed E-state index contributed by atoms with van der Waals surface area (Å²) < 4.78 is 33.5. The molecule has 1 saturated heterocycles. The van der Waals surface area contributed by atoms with Crippen molar-refractivity contribution in [1.29, 1.82) is 0 Å².